The molecule has 0 radical (unpaired) electrons. The van der Waals surface area contributed by atoms with Crippen molar-refractivity contribution in [1.82, 2.24) is 14.9 Å². The number of nitriles is 1. The molecule has 2 aliphatic rings. The molecule has 2 heterocycles. The number of hydrogen-bond acceptors (Lipinski definition) is 5. The molecule has 0 bridgehead atoms. The van der Waals surface area contributed by atoms with Gasteiger partial charge in [0.2, 0.25) is 15.9 Å². The van der Waals surface area contributed by atoms with Crippen LogP contribution in [0, 0.1) is 24.2 Å². The van der Waals surface area contributed by atoms with E-state index in [2.05, 4.69) is 10.6 Å². The first-order valence-electron chi connectivity index (χ1n) is 9.44. The molecule has 154 valence electrons. The summed E-state index contributed by atoms with van der Waals surface area (Å²) in [4.78, 5) is 12.2. The molecule has 2 aliphatic heterocycles. The Morgan fingerprint density at radius 3 is 2.82 bits per heavy atom. The second kappa shape index (κ2) is 9.70. The fraction of sp³-hybridized carbons (Fsp3) is 0.579. The molecule has 2 N–H and O–H groups in total. The summed E-state index contributed by atoms with van der Waals surface area (Å²) in [5.74, 6) is 0.0761. The molecule has 9 heteroatoms. The van der Waals surface area contributed by atoms with E-state index in [1.54, 1.807) is 19.1 Å². The molecule has 28 heavy (non-hydrogen) atoms. The van der Waals surface area contributed by atoms with E-state index in [0.717, 1.165) is 32.2 Å². The van der Waals surface area contributed by atoms with Crippen molar-refractivity contribution in [3.8, 4) is 6.07 Å². The molecule has 1 amide bonds. The topological polar surface area (TPSA) is 102 Å². The van der Waals surface area contributed by atoms with E-state index in [4.69, 9.17) is 0 Å². The first-order valence-corrected chi connectivity index (χ1v) is 10.9. The Labute approximate surface area is 172 Å². The number of carbonyl (C=O) groups excluding carboxylic acids is 1. The summed E-state index contributed by atoms with van der Waals surface area (Å²) in [5.41, 5.74) is 0.865. The van der Waals surface area contributed by atoms with Crippen LogP contribution in [0.3, 0.4) is 0 Å². The lowest BCUT2D eigenvalue weighted by Gasteiger charge is -2.32. The molecule has 7 nitrogen and oxygen atoms in total. The number of sulfonamides is 1. The van der Waals surface area contributed by atoms with Crippen molar-refractivity contribution in [3.05, 3.63) is 29.3 Å². The molecular formula is C19H27ClN4O3S. The summed E-state index contributed by atoms with van der Waals surface area (Å²) < 4.78 is 27.6. The lowest BCUT2D eigenvalue weighted by atomic mass is 9.99. The van der Waals surface area contributed by atoms with E-state index >= 15 is 0 Å². The smallest absolute Gasteiger partial charge is 0.244 e. The van der Waals surface area contributed by atoms with Gasteiger partial charge in [0, 0.05) is 19.6 Å². The first kappa shape index (κ1) is 22.6. The Morgan fingerprint density at radius 2 is 2.14 bits per heavy atom. The molecule has 2 saturated heterocycles. The van der Waals surface area contributed by atoms with Crippen LogP contribution in [-0.4, -0.2) is 50.9 Å². The zero-order chi connectivity index (χ0) is 19.4. The van der Waals surface area contributed by atoms with Gasteiger partial charge in [-0.15, -0.1) is 12.4 Å². The van der Waals surface area contributed by atoms with Crippen LogP contribution < -0.4 is 10.6 Å². The van der Waals surface area contributed by atoms with E-state index < -0.39 is 10.0 Å². The minimum absolute atomic E-state index is 0. The second-order valence-electron chi connectivity index (χ2n) is 7.33. The molecule has 2 unspecified atom stereocenters. The van der Waals surface area contributed by atoms with Gasteiger partial charge in [-0.3, -0.25) is 4.79 Å². The van der Waals surface area contributed by atoms with Gasteiger partial charge in [0.05, 0.1) is 11.6 Å². The molecule has 0 aromatic heterocycles. The standard InChI is InChI=1S/C19H26N4O3S.ClH/c1-14-5-2-8-18(16(14)11-20)27(25,26)23-10-4-6-15(13-23)12-22-19(24)17-7-3-9-21-17;/h2,5,8,15,17,21H,3-4,6-7,9-10,12-13H2,1H3,(H,22,24);1H. The Hall–Kier alpha value is -1.66. The molecule has 2 atom stereocenters. The van der Waals surface area contributed by atoms with Gasteiger partial charge in [0.15, 0.2) is 0 Å². The fourth-order valence-electron chi connectivity index (χ4n) is 3.83. The van der Waals surface area contributed by atoms with Crippen molar-refractivity contribution >= 4 is 28.3 Å². The van der Waals surface area contributed by atoms with E-state index in [0.29, 0.717) is 25.2 Å². The Kier molecular flexibility index (Phi) is 7.84. The molecule has 0 aliphatic carbocycles. The third-order valence-corrected chi connectivity index (χ3v) is 7.30. The summed E-state index contributed by atoms with van der Waals surface area (Å²) in [7, 11) is -3.73. The van der Waals surface area contributed by atoms with E-state index in [-0.39, 0.29) is 40.7 Å². The van der Waals surface area contributed by atoms with Crippen molar-refractivity contribution < 1.29 is 13.2 Å². The number of amides is 1. The SMILES string of the molecule is Cc1cccc(S(=O)(=O)N2CCCC(CNC(=O)C3CCCN3)C2)c1C#N.Cl. The van der Waals surface area contributed by atoms with Crippen LogP contribution in [0.15, 0.2) is 23.1 Å². The maximum absolute atomic E-state index is 13.1. The Bertz CT molecular complexity index is 847. The zero-order valence-corrected chi connectivity index (χ0v) is 17.6. The highest BCUT2D eigenvalue weighted by molar-refractivity contribution is 7.89. The lowest BCUT2D eigenvalue weighted by Crippen LogP contribution is -2.46. The van der Waals surface area contributed by atoms with E-state index in [9.17, 15) is 18.5 Å². The maximum atomic E-state index is 13.1. The van der Waals surface area contributed by atoms with Gasteiger partial charge < -0.3 is 10.6 Å². The maximum Gasteiger partial charge on any atom is 0.244 e. The highest BCUT2D eigenvalue weighted by Crippen LogP contribution is 2.26. The monoisotopic (exact) mass is 426 g/mol. The van der Waals surface area contributed by atoms with Gasteiger partial charge in [-0.25, -0.2) is 8.42 Å². The minimum Gasteiger partial charge on any atom is -0.354 e. The lowest BCUT2D eigenvalue weighted by molar-refractivity contribution is -0.123. The summed E-state index contributed by atoms with van der Waals surface area (Å²) in [6, 6.07) is 6.80. The van der Waals surface area contributed by atoms with Gasteiger partial charge in [0.25, 0.3) is 0 Å². The normalized spacial score (nSPS) is 22.9. The van der Waals surface area contributed by atoms with Gasteiger partial charge >= 0.3 is 0 Å². The molecular weight excluding hydrogens is 400 g/mol. The molecule has 2 fully saturated rings. The average molecular weight is 427 g/mol. The number of aryl methyl sites for hydroxylation is 1. The van der Waals surface area contributed by atoms with Crippen LogP contribution >= 0.6 is 12.4 Å². The third-order valence-electron chi connectivity index (χ3n) is 5.39. The summed E-state index contributed by atoms with van der Waals surface area (Å²) in [5, 5.41) is 15.5. The van der Waals surface area contributed by atoms with Gasteiger partial charge in [-0.05, 0) is 56.7 Å². The molecule has 0 spiro atoms. The number of benzene rings is 1. The van der Waals surface area contributed by atoms with Crippen LogP contribution in [0.2, 0.25) is 0 Å². The number of nitrogens with one attached hydrogen (secondary N) is 2. The van der Waals surface area contributed by atoms with Gasteiger partial charge in [-0.1, -0.05) is 12.1 Å². The van der Waals surface area contributed by atoms with Crippen LogP contribution in [0.5, 0.6) is 0 Å². The highest BCUT2D eigenvalue weighted by atomic mass is 35.5. The van der Waals surface area contributed by atoms with E-state index in [1.807, 2.05) is 6.07 Å². The van der Waals surface area contributed by atoms with Crippen LogP contribution in [0.25, 0.3) is 0 Å². The fourth-order valence-corrected chi connectivity index (χ4v) is 5.60. The molecule has 1 aromatic rings. The molecule has 3 rings (SSSR count). The summed E-state index contributed by atoms with van der Waals surface area (Å²) in [6.45, 7) is 3.88. The average Bonchev–Trinajstić information content (AvgIpc) is 3.21. The number of piperidine rings is 1. The number of rotatable bonds is 5. The van der Waals surface area contributed by atoms with Gasteiger partial charge in [-0.2, -0.15) is 9.57 Å². The molecule has 0 saturated carbocycles. The van der Waals surface area contributed by atoms with Crippen molar-refractivity contribution in [1.29, 1.82) is 5.26 Å². The minimum atomic E-state index is -3.73. The number of halogens is 1. The van der Waals surface area contributed by atoms with Crippen LogP contribution in [-0.2, 0) is 14.8 Å². The predicted molar refractivity (Wildman–Crippen MR) is 109 cm³/mol. The van der Waals surface area contributed by atoms with Gasteiger partial charge in [0.1, 0.15) is 11.0 Å². The predicted octanol–water partition coefficient (Wildman–Crippen LogP) is 1.56. The quantitative estimate of drug-likeness (QED) is 0.743. The second-order valence-corrected chi connectivity index (χ2v) is 9.23. The van der Waals surface area contributed by atoms with Crippen LogP contribution in [0.1, 0.15) is 36.8 Å². The highest BCUT2D eigenvalue weighted by Gasteiger charge is 2.32. The number of hydrogen-bond donors (Lipinski definition) is 2. The zero-order valence-electron chi connectivity index (χ0n) is 16.0. The van der Waals surface area contributed by atoms with Crippen molar-refractivity contribution in [2.24, 2.45) is 5.92 Å². The van der Waals surface area contributed by atoms with Crippen molar-refractivity contribution in [2.75, 3.05) is 26.2 Å². The van der Waals surface area contributed by atoms with Crippen molar-refractivity contribution in [2.45, 2.75) is 43.5 Å². The summed E-state index contributed by atoms with van der Waals surface area (Å²) in [6.07, 6.45) is 3.48. The first-order chi connectivity index (χ1) is 12.9. The molecule has 1 aromatic carbocycles. The van der Waals surface area contributed by atoms with Crippen LogP contribution in [0.4, 0.5) is 0 Å². The number of nitrogens with zero attached hydrogens (tertiary/aromatic N) is 2. The Morgan fingerprint density at radius 1 is 1.36 bits per heavy atom. The third kappa shape index (κ3) is 4.84. The van der Waals surface area contributed by atoms with E-state index in [1.165, 1.54) is 10.4 Å². The number of carbonyl (C=O) groups is 1. The van der Waals surface area contributed by atoms with Crippen molar-refractivity contribution in [3.63, 3.8) is 0 Å². The summed E-state index contributed by atoms with van der Waals surface area (Å²) >= 11 is 0. The largest absolute Gasteiger partial charge is 0.354 e. The Balaban J connectivity index is 0.00000280.